The van der Waals surface area contributed by atoms with Gasteiger partial charge in [-0.3, -0.25) is 4.68 Å². The van der Waals surface area contributed by atoms with Crippen molar-refractivity contribution in [3.05, 3.63) is 59.4 Å². The number of hydrogen-bond donors (Lipinski definition) is 1. The first-order valence-corrected chi connectivity index (χ1v) is 9.59. The Morgan fingerprint density at radius 3 is 2.50 bits per heavy atom. The van der Waals surface area contributed by atoms with Crippen molar-refractivity contribution < 1.29 is 27.2 Å². The van der Waals surface area contributed by atoms with E-state index in [0.29, 0.717) is 4.68 Å². The second kappa shape index (κ2) is 8.32. The molecular weight excluding hydrogens is 454 g/mol. The molecule has 1 unspecified atom stereocenters. The number of hydrogen-bond acceptors (Lipinski definition) is 6. The SMILES string of the molecule is CC(O)Cn1ncc(-c2onc(-c3c(F)cccc3Cl)c2-c2ncccn2)c1C(F)(F)F. The van der Waals surface area contributed by atoms with E-state index in [1.165, 1.54) is 37.5 Å². The molecule has 1 atom stereocenters. The highest BCUT2D eigenvalue weighted by Crippen LogP contribution is 2.45. The zero-order valence-corrected chi connectivity index (χ0v) is 17.1. The Labute approximate surface area is 183 Å². The lowest BCUT2D eigenvalue weighted by Crippen LogP contribution is -2.20. The van der Waals surface area contributed by atoms with Gasteiger partial charge in [-0.25, -0.2) is 14.4 Å². The Kier molecular flexibility index (Phi) is 5.70. The molecule has 0 spiro atoms. The van der Waals surface area contributed by atoms with Gasteiger partial charge in [-0.2, -0.15) is 18.3 Å². The quantitative estimate of drug-likeness (QED) is 0.422. The standard InChI is InChI=1S/C20H14ClF4N5O2/c1-10(31)9-30-18(20(23,24)25)11(8-28-30)17-15(19-26-6-3-7-27-19)16(29-32-17)14-12(21)4-2-5-13(14)22/h2-8,10,31H,9H2,1H3. The number of aliphatic hydroxyl groups is 1. The predicted octanol–water partition coefficient (Wildman–Crippen LogP) is 4.85. The van der Waals surface area contributed by atoms with E-state index in [-0.39, 0.29) is 33.4 Å². The molecule has 0 aliphatic rings. The summed E-state index contributed by atoms with van der Waals surface area (Å²) < 4.78 is 62.4. The first-order chi connectivity index (χ1) is 15.2. The molecule has 7 nitrogen and oxygen atoms in total. The third kappa shape index (κ3) is 3.96. The molecule has 1 N–H and O–H groups in total. The van der Waals surface area contributed by atoms with Gasteiger partial charge >= 0.3 is 6.18 Å². The topological polar surface area (TPSA) is 89.9 Å². The second-order valence-corrected chi connectivity index (χ2v) is 7.25. The molecule has 0 fully saturated rings. The lowest BCUT2D eigenvalue weighted by molar-refractivity contribution is -0.144. The van der Waals surface area contributed by atoms with Crippen molar-refractivity contribution in [1.82, 2.24) is 24.9 Å². The molecule has 3 heterocycles. The maximum Gasteiger partial charge on any atom is 0.433 e. The van der Waals surface area contributed by atoms with E-state index in [1.54, 1.807) is 0 Å². The fourth-order valence-electron chi connectivity index (χ4n) is 3.24. The highest BCUT2D eigenvalue weighted by atomic mass is 35.5. The summed E-state index contributed by atoms with van der Waals surface area (Å²) in [6.07, 6.45) is -2.27. The minimum atomic E-state index is -4.85. The van der Waals surface area contributed by atoms with Crippen molar-refractivity contribution in [3.8, 4) is 34.0 Å². The summed E-state index contributed by atoms with van der Waals surface area (Å²) in [6, 6.07) is 5.43. The summed E-state index contributed by atoms with van der Waals surface area (Å²) in [6.45, 7) is 0.920. The van der Waals surface area contributed by atoms with E-state index >= 15 is 0 Å². The Bertz CT molecular complexity index is 1230. The van der Waals surface area contributed by atoms with Gasteiger partial charge in [-0.05, 0) is 25.1 Å². The van der Waals surface area contributed by atoms with Gasteiger partial charge in [0.25, 0.3) is 0 Å². The van der Waals surface area contributed by atoms with E-state index in [4.69, 9.17) is 16.1 Å². The van der Waals surface area contributed by atoms with Crippen molar-refractivity contribution in [2.45, 2.75) is 25.7 Å². The fraction of sp³-hybridized carbons (Fsp3) is 0.200. The van der Waals surface area contributed by atoms with E-state index in [0.717, 1.165) is 12.3 Å². The van der Waals surface area contributed by atoms with Crippen LogP contribution in [0.3, 0.4) is 0 Å². The molecule has 32 heavy (non-hydrogen) atoms. The van der Waals surface area contributed by atoms with Crippen LogP contribution >= 0.6 is 11.6 Å². The zero-order valence-electron chi connectivity index (χ0n) is 16.3. The third-order valence-electron chi connectivity index (χ3n) is 4.47. The molecule has 3 aromatic heterocycles. The molecular formula is C20H14ClF4N5O2. The number of rotatable bonds is 5. The van der Waals surface area contributed by atoms with Crippen molar-refractivity contribution in [2.24, 2.45) is 0 Å². The van der Waals surface area contributed by atoms with Crippen LogP contribution in [0.1, 0.15) is 12.6 Å². The van der Waals surface area contributed by atoms with Gasteiger partial charge in [0.2, 0.25) is 0 Å². The van der Waals surface area contributed by atoms with E-state index < -0.39 is 35.9 Å². The summed E-state index contributed by atoms with van der Waals surface area (Å²) in [5.41, 5.74) is -2.05. The van der Waals surface area contributed by atoms with Gasteiger partial charge in [0, 0.05) is 12.4 Å². The van der Waals surface area contributed by atoms with Crippen LogP contribution < -0.4 is 0 Å². The van der Waals surface area contributed by atoms with Gasteiger partial charge in [0.1, 0.15) is 11.5 Å². The Balaban J connectivity index is 2.02. The van der Waals surface area contributed by atoms with Crippen LogP contribution in [0.2, 0.25) is 5.02 Å². The summed E-state index contributed by atoms with van der Waals surface area (Å²) in [4.78, 5) is 8.15. The van der Waals surface area contributed by atoms with Crippen molar-refractivity contribution in [1.29, 1.82) is 0 Å². The number of aliphatic hydroxyl groups excluding tert-OH is 1. The van der Waals surface area contributed by atoms with Gasteiger partial charge in [0.05, 0.1) is 40.6 Å². The van der Waals surface area contributed by atoms with Crippen LogP contribution in [0.25, 0.3) is 34.0 Å². The van der Waals surface area contributed by atoms with E-state index in [2.05, 4.69) is 20.2 Å². The summed E-state index contributed by atoms with van der Waals surface area (Å²) in [5.74, 6) is -1.17. The fourth-order valence-corrected chi connectivity index (χ4v) is 3.50. The van der Waals surface area contributed by atoms with E-state index in [1.807, 2.05) is 0 Å². The highest BCUT2D eigenvalue weighted by Gasteiger charge is 2.41. The summed E-state index contributed by atoms with van der Waals surface area (Å²) in [5, 5.41) is 17.1. The van der Waals surface area contributed by atoms with Crippen molar-refractivity contribution in [3.63, 3.8) is 0 Å². The average molecular weight is 468 g/mol. The third-order valence-corrected chi connectivity index (χ3v) is 4.79. The maximum atomic E-state index is 14.6. The lowest BCUT2D eigenvalue weighted by Gasteiger charge is -2.13. The van der Waals surface area contributed by atoms with Gasteiger partial charge in [-0.1, -0.05) is 22.8 Å². The molecule has 4 rings (SSSR count). The van der Waals surface area contributed by atoms with Crippen LogP contribution in [0.5, 0.6) is 0 Å². The molecule has 0 aliphatic heterocycles. The predicted molar refractivity (Wildman–Crippen MR) is 106 cm³/mol. The van der Waals surface area contributed by atoms with Crippen LogP contribution in [0, 0.1) is 5.82 Å². The maximum absolute atomic E-state index is 14.6. The minimum absolute atomic E-state index is 0.0251. The molecule has 12 heteroatoms. The number of nitrogens with zero attached hydrogens (tertiary/aromatic N) is 5. The van der Waals surface area contributed by atoms with Crippen molar-refractivity contribution >= 4 is 11.6 Å². The van der Waals surface area contributed by atoms with Gasteiger partial charge < -0.3 is 9.63 Å². The molecule has 166 valence electrons. The average Bonchev–Trinajstić information content (AvgIpc) is 3.32. The largest absolute Gasteiger partial charge is 0.433 e. The first kappa shape index (κ1) is 21.9. The number of aromatic nitrogens is 5. The molecule has 0 aliphatic carbocycles. The van der Waals surface area contributed by atoms with Crippen LogP contribution in [0.4, 0.5) is 17.6 Å². The van der Waals surface area contributed by atoms with Crippen LogP contribution in [-0.2, 0) is 12.7 Å². The lowest BCUT2D eigenvalue weighted by atomic mass is 10.0. The Morgan fingerprint density at radius 2 is 1.88 bits per heavy atom. The molecule has 1 aromatic carbocycles. The first-order valence-electron chi connectivity index (χ1n) is 9.21. The molecule has 0 saturated heterocycles. The highest BCUT2D eigenvalue weighted by molar-refractivity contribution is 6.33. The van der Waals surface area contributed by atoms with Crippen molar-refractivity contribution in [2.75, 3.05) is 0 Å². The summed E-state index contributed by atoms with van der Waals surface area (Å²) in [7, 11) is 0. The minimum Gasteiger partial charge on any atom is -0.391 e. The smallest absolute Gasteiger partial charge is 0.391 e. The monoisotopic (exact) mass is 467 g/mol. The molecule has 0 amide bonds. The number of benzene rings is 1. The van der Waals surface area contributed by atoms with Crippen LogP contribution in [-0.4, -0.2) is 36.1 Å². The molecule has 0 bridgehead atoms. The molecule has 0 saturated carbocycles. The van der Waals surface area contributed by atoms with Crippen LogP contribution in [0.15, 0.2) is 47.4 Å². The van der Waals surface area contributed by atoms with E-state index in [9.17, 15) is 22.7 Å². The summed E-state index contributed by atoms with van der Waals surface area (Å²) >= 11 is 6.16. The van der Waals surface area contributed by atoms with Gasteiger partial charge in [0.15, 0.2) is 17.3 Å². The Morgan fingerprint density at radius 1 is 1.16 bits per heavy atom. The normalized spacial score (nSPS) is 12.8. The number of alkyl halides is 3. The van der Waals surface area contributed by atoms with Gasteiger partial charge in [-0.15, -0.1) is 0 Å². The second-order valence-electron chi connectivity index (χ2n) is 6.84. The zero-order chi connectivity index (χ0) is 23.0. The molecule has 0 radical (unpaired) electrons. The number of halogens is 5. The Hall–Kier alpha value is -3.31. The molecule has 4 aromatic rings.